The molecule has 2 heterocycles. The van der Waals surface area contributed by atoms with Crippen molar-refractivity contribution < 1.29 is 14.6 Å². The first-order valence-corrected chi connectivity index (χ1v) is 14.0. The molecule has 1 unspecified atom stereocenters. The SMILES string of the molecule is CCN(c1cc(Cl)cc(C(O)NCc2c(C)cc(C)[nH]c2=O)c1C)[C@H]1CC[C@@]2(CC1)OC(=O)c1ccccc12. The summed E-state index contributed by atoms with van der Waals surface area (Å²) in [6.07, 6.45) is 2.26. The van der Waals surface area contributed by atoms with Gasteiger partial charge in [-0.2, -0.15) is 0 Å². The van der Waals surface area contributed by atoms with E-state index in [1.54, 1.807) is 6.07 Å². The number of benzene rings is 2. The fourth-order valence-corrected chi connectivity index (χ4v) is 6.62. The van der Waals surface area contributed by atoms with Crippen LogP contribution in [-0.4, -0.2) is 28.6 Å². The molecule has 8 heteroatoms. The minimum atomic E-state index is -0.995. The van der Waals surface area contributed by atoms with Crippen molar-refractivity contribution >= 4 is 23.3 Å². The zero-order chi connectivity index (χ0) is 27.9. The number of nitrogens with one attached hydrogen (secondary N) is 2. The van der Waals surface area contributed by atoms with Gasteiger partial charge in [-0.15, -0.1) is 0 Å². The number of aliphatic hydroxyl groups excluding tert-OH is 1. The Morgan fingerprint density at radius 3 is 2.56 bits per heavy atom. The van der Waals surface area contributed by atoms with Gasteiger partial charge in [-0.05, 0) is 88.8 Å². The van der Waals surface area contributed by atoms with Crippen LogP contribution < -0.4 is 15.8 Å². The quantitative estimate of drug-likeness (QED) is 0.263. The highest BCUT2D eigenvalue weighted by atomic mass is 35.5. The van der Waals surface area contributed by atoms with Crippen molar-refractivity contribution in [2.45, 2.75) is 77.8 Å². The number of hydrogen-bond donors (Lipinski definition) is 3. The molecule has 3 aromatic rings. The zero-order valence-electron chi connectivity index (χ0n) is 22.9. The maximum atomic E-state index is 12.5. The van der Waals surface area contributed by atoms with E-state index in [9.17, 15) is 14.7 Å². The molecule has 1 aliphatic carbocycles. The van der Waals surface area contributed by atoms with Crippen molar-refractivity contribution in [1.82, 2.24) is 10.3 Å². The fourth-order valence-electron chi connectivity index (χ4n) is 6.40. The van der Waals surface area contributed by atoms with E-state index in [2.05, 4.69) is 22.1 Å². The minimum absolute atomic E-state index is 0.154. The number of aliphatic hydroxyl groups is 1. The lowest BCUT2D eigenvalue weighted by atomic mass is 9.77. The molecule has 1 fully saturated rings. The molecule has 7 nitrogen and oxygen atoms in total. The predicted octanol–water partition coefficient (Wildman–Crippen LogP) is 5.57. The second-order valence-electron chi connectivity index (χ2n) is 10.8. The number of carbonyl (C=O) groups is 1. The highest BCUT2D eigenvalue weighted by Crippen LogP contribution is 2.48. The number of aromatic amines is 1. The lowest BCUT2D eigenvalue weighted by molar-refractivity contribution is -0.0308. The van der Waals surface area contributed by atoms with Crippen LogP contribution in [0.3, 0.4) is 0 Å². The molecule has 1 saturated carbocycles. The summed E-state index contributed by atoms with van der Waals surface area (Å²) in [5, 5.41) is 14.8. The molecular formula is C31H36ClN3O4. The molecule has 5 rings (SSSR count). The molecule has 1 spiro atoms. The molecule has 206 valence electrons. The largest absolute Gasteiger partial charge is 0.451 e. The molecule has 2 aromatic carbocycles. The van der Waals surface area contributed by atoms with Gasteiger partial charge >= 0.3 is 5.97 Å². The Hall–Kier alpha value is -3.13. The number of hydrogen-bond acceptors (Lipinski definition) is 6. The Bertz CT molecular complexity index is 1460. The lowest BCUT2D eigenvalue weighted by Crippen LogP contribution is -2.43. The molecule has 0 radical (unpaired) electrons. The van der Waals surface area contributed by atoms with E-state index in [1.807, 2.05) is 57.2 Å². The number of aryl methyl sites for hydroxylation is 2. The van der Waals surface area contributed by atoms with Crippen LogP contribution in [0.25, 0.3) is 0 Å². The van der Waals surface area contributed by atoms with Gasteiger partial charge in [0.2, 0.25) is 0 Å². The molecule has 0 bridgehead atoms. The first-order chi connectivity index (χ1) is 18.6. The van der Waals surface area contributed by atoms with Crippen molar-refractivity contribution in [3.8, 4) is 0 Å². The summed E-state index contributed by atoms with van der Waals surface area (Å²) in [5.41, 5.74) is 5.88. The van der Waals surface area contributed by atoms with E-state index in [0.29, 0.717) is 21.7 Å². The Morgan fingerprint density at radius 2 is 1.87 bits per heavy atom. The topological polar surface area (TPSA) is 94.7 Å². The molecule has 0 saturated heterocycles. The molecule has 1 atom stereocenters. The average molecular weight is 550 g/mol. The van der Waals surface area contributed by atoms with Crippen molar-refractivity contribution in [1.29, 1.82) is 0 Å². The zero-order valence-corrected chi connectivity index (χ0v) is 23.7. The lowest BCUT2D eigenvalue weighted by Gasteiger charge is -2.42. The number of nitrogens with zero attached hydrogens (tertiary/aromatic N) is 1. The summed E-state index contributed by atoms with van der Waals surface area (Å²) in [7, 11) is 0. The van der Waals surface area contributed by atoms with Gasteiger partial charge in [0.05, 0.1) is 5.56 Å². The number of pyridine rings is 1. The fraction of sp³-hybridized carbons (Fsp3) is 0.419. The number of fused-ring (bicyclic) bond motifs is 2. The number of aromatic nitrogens is 1. The number of anilines is 1. The van der Waals surface area contributed by atoms with Crippen LogP contribution >= 0.6 is 11.6 Å². The number of halogens is 1. The smallest absolute Gasteiger partial charge is 0.339 e. The van der Waals surface area contributed by atoms with E-state index < -0.39 is 11.8 Å². The summed E-state index contributed by atoms with van der Waals surface area (Å²) in [6, 6.07) is 13.6. The Kier molecular flexibility index (Phi) is 7.60. The minimum Gasteiger partial charge on any atom is -0.451 e. The molecule has 1 aromatic heterocycles. The van der Waals surface area contributed by atoms with Crippen LogP contribution in [0.5, 0.6) is 0 Å². The second kappa shape index (κ2) is 10.8. The van der Waals surface area contributed by atoms with E-state index >= 15 is 0 Å². The number of ether oxygens (including phenoxy) is 1. The number of carbonyl (C=O) groups excluding carboxylic acids is 1. The first-order valence-electron chi connectivity index (χ1n) is 13.6. The molecule has 2 aliphatic rings. The highest BCUT2D eigenvalue weighted by molar-refractivity contribution is 6.31. The molecular weight excluding hydrogens is 514 g/mol. The Balaban J connectivity index is 1.35. The Morgan fingerprint density at radius 1 is 1.15 bits per heavy atom. The highest BCUT2D eigenvalue weighted by Gasteiger charge is 2.48. The van der Waals surface area contributed by atoms with Crippen LogP contribution in [0, 0.1) is 20.8 Å². The summed E-state index contributed by atoms with van der Waals surface area (Å²) in [6.45, 7) is 8.87. The van der Waals surface area contributed by atoms with Gasteiger partial charge in [-0.25, -0.2) is 4.79 Å². The van der Waals surface area contributed by atoms with E-state index in [1.165, 1.54) is 0 Å². The molecule has 3 N–H and O–H groups in total. The van der Waals surface area contributed by atoms with Gasteiger partial charge in [0, 0.05) is 52.2 Å². The van der Waals surface area contributed by atoms with E-state index in [0.717, 1.165) is 60.3 Å². The number of esters is 1. The third-order valence-corrected chi connectivity index (χ3v) is 8.64. The summed E-state index contributed by atoms with van der Waals surface area (Å²) >= 11 is 6.58. The van der Waals surface area contributed by atoms with Gasteiger partial charge in [0.1, 0.15) is 11.8 Å². The van der Waals surface area contributed by atoms with Crippen molar-refractivity contribution in [3.63, 3.8) is 0 Å². The summed E-state index contributed by atoms with van der Waals surface area (Å²) in [5.74, 6) is -0.226. The molecule has 1 aliphatic heterocycles. The van der Waals surface area contributed by atoms with Crippen LogP contribution in [-0.2, 0) is 16.9 Å². The van der Waals surface area contributed by atoms with Gasteiger partial charge in [0.15, 0.2) is 0 Å². The van der Waals surface area contributed by atoms with Gasteiger partial charge < -0.3 is 19.7 Å². The maximum Gasteiger partial charge on any atom is 0.339 e. The summed E-state index contributed by atoms with van der Waals surface area (Å²) in [4.78, 5) is 30.1. The van der Waals surface area contributed by atoms with Crippen molar-refractivity contribution in [2.75, 3.05) is 11.4 Å². The van der Waals surface area contributed by atoms with Crippen LogP contribution in [0.15, 0.2) is 47.3 Å². The number of rotatable bonds is 7. The maximum absolute atomic E-state index is 12.5. The van der Waals surface area contributed by atoms with Gasteiger partial charge in [-0.1, -0.05) is 29.8 Å². The van der Waals surface area contributed by atoms with E-state index in [4.69, 9.17) is 16.3 Å². The third kappa shape index (κ3) is 5.11. The first kappa shape index (κ1) is 27.4. The van der Waals surface area contributed by atoms with Crippen LogP contribution in [0.2, 0.25) is 5.02 Å². The van der Waals surface area contributed by atoms with Crippen molar-refractivity contribution in [2.24, 2.45) is 0 Å². The van der Waals surface area contributed by atoms with Gasteiger partial charge in [0.25, 0.3) is 5.56 Å². The van der Waals surface area contributed by atoms with E-state index in [-0.39, 0.29) is 24.1 Å². The van der Waals surface area contributed by atoms with Crippen LogP contribution in [0.4, 0.5) is 5.69 Å². The molecule has 39 heavy (non-hydrogen) atoms. The summed E-state index contributed by atoms with van der Waals surface area (Å²) < 4.78 is 5.96. The predicted molar refractivity (Wildman–Crippen MR) is 153 cm³/mol. The Labute approximate surface area is 234 Å². The third-order valence-electron chi connectivity index (χ3n) is 8.43. The van der Waals surface area contributed by atoms with Gasteiger partial charge in [-0.3, -0.25) is 10.1 Å². The standard InChI is InChI=1S/C31H36ClN3O4/c1-5-35(22-10-12-31(13-11-22)26-9-7-6-8-23(26)30(38)39-31)27-16-21(32)15-24(20(27)4)28(36)33-17-25-18(2)14-19(3)34-29(25)37/h6-9,14-16,22,28,33,36H,5,10-13,17H2,1-4H3,(H,34,37)/t22-,28?,31-. The van der Waals surface area contributed by atoms with Crippen LogP contribution in [0.1, 0.15) is 82.7 Å². The number of H-pyrrole nitrogens is 1. The monoisotopic (exact) mass is 549 g/mol. The second-order valence-corrected chi connectivity index (χ2v) is 11.2. The molecule has 0 amide bonds. The van der Waals surface area contributed by atoms with Crippen molar-refractivity contribution in [3.05, 3.63) is 96.9 Å². The normalized spacial score (nSPS) is 21.1. The average Bonchev–Trinajstić information content (AvgIpc) is 3.17.